The van der Waals surface area contributed by atoms with Gasteiger partial charge in [0.05, 0.1) is 13.7 Å². The minimum Gasteiger partial charge on any atom is -0.497 e. The summed E-state index contributed by atoms with van der Waals surface area (Å²) >= 11 is 1.61. The molecule has 0 amide bonds. The van der Waals surface area contributed by atoms with Gasteiger partial charge in [-0.25, -0.2) is 8.42 Å². The van der Waals surface area contributed by atoms with Gasteiger partial charge in [-0.2, -0.15) is 11.8 Å². The molecule has 5 nitrogen and oxygen atoms in total. The lowest BCUT2D eigenvalue weighted by molar-refractivity contribution is 0.0928. The van der Waals surface area contributed by atoms with E-state index in [9.17, 15) is 13.2 Å². The van der Waals surface area contributed by atoms with Crippen molar-refractivity contribution in [2.75, 3.05) is 38.0 Å². The number of benzene rings is 1. The number of ether oxygens (including phenoxy) is 1. The summed E-state index contributed by atoms with van der Waals surface area (Å²) in [6, 6.07) is 6.87. The molecule has 1 aromatic carbocycles. The molecule has 0 aliphatic carbocycles. The molecule has 0 radical (unpaired) electrons. The van der Waals surface area contributed by atoms with Gasteiger partial charge in [-0.3, -0.25) is 9.69 Å². The molecule has 21 heavy (non-hydrogen) atoms. The summed E-state index contributed by atoms with van der Waals surface area (Å²) in [4.78, 5) is 14.1. The largest absolute Gasteiger partial charge is 0.497 e. The van der Waals surface area contributed by atoms with E-state index in [4.69, 9.17) is 4.74 Å². The van der Waals surface area contributed by atoms with Crippen LogP contribution in [0.5, 0.6) is 5.75 Å². The fourth-order valence-electron chi connectivity index (χ4n) is 2.24. The minimum atomic E-state index is -3.18. The van der Waals surface area contributed by atoms with Gasteiger partial charge in [-0.05, 0) is 24.3 Å². The highest BCUT2D eigenvalue weighted by Gasteiger charge is 2.32. The average molecular weight is 329 g/mol. The first kappa shape index (κ1) is 16.3. The number of hydrogen-bond donors (Lipinski definition) is 0. The Kier molecular flexibility index (Phi) is 5.29. The molecule has 1 aliphatic heterocycles. The highest BCUT2D eigenvalue weighted by molar-refractivity contribution is 8.00. The number of methoxy groups -OCH3 is 1. The van der Waals surface area contributed by atoms with Crippen molar-refractivity contribution in [2.45, 2.75) is 5.37 Å². The van der Waals surface area contributed by atoms with Crippen LogP contribution in [0.4, 0.5) is 0 Å². The summed E-state index contributed by atoms with van der Waals surface area (Å²) in [6.07, 6.45) is 1.23. The second kappa shape index (κ2) is 6.81. The van der Waals surface area contributed by atoms with Crippen molar-refractivity contribution in [2.24, 2.45) is 0 Å². The Labute approximate surface area is 129 Å². The van der Waals surface area contributed by atoms with Crippen LogP contribution >= 0.6 is 11.8 Å². The zero-order valence-electron chi connectivity index (χ0n) is 12.1. The van der Waals surface area contributed by atoms with E-state index in [1.54, 1.807) is 48.0 Å². The number of nitrogens with zero attached hydrogens (tertiary/aromatic N) is 1. The summed E-state index contributed by atoms with van der Waals surface area (Å²) in [5, 5.41) is -0.571. The molecular weight excluding hydrogens is 310 g/mol. The zero-order valence-corrected chi connectivity index (χ0v) is 13.7. The van der Waals surface area contributed by atoms with Gasteiger partial charge in [0, 0.05) is 29.9 Å². The Morgan fingerprint density at radius 1 is 1.38 bits per heavy atom. The third kappa shape index (κ3) is 4.21. The summed E-state index contributed by atoms with van der Waals surface area (Å²) in [7, 11) is -1.61. The standard InChI is InChI=1S/C14H19NO4S2/c1-19-12-5-3-11(4-6-12)13(16)9-15-7-8-20-10-14(15)21(2,17)18/h3-6,14H,7-10H2,1-2H3. The van der Waals surface area contributed by atoms with Crippen LogP contribution in [0.2, 0.25) is 0 Å². The molecule has 1 heterocycles. The summed E-state index contributed by atoms with van der Waals surface area (Å²) < 4.78 is 28.7. The van der Waals surface area contributed by atoms with Gasteiger partial charge in [0.2, 0.25) is 0 Å². The Hall–Kier alpha value is -1.05. The second-order valence-electron chi connectivity index (χ2n) is 4.98. The number of hydrogen-bond acceptors (Lipinski definition) is 6. The van der Waals surface area contributed by atoms with Gasteiger partial charge in [-0.15, -0.1) is 0 Å². The van der Waals surface area contributed by atoms with E-state index in [0.29, 0.717) is 23.6 Å². The van der Waals surface area contributed by atoms with E-state index in [0.717, 1.165) is 5.75 Å². The Morgan fingerprint density at radius 2 is 2.05 bits per heavy atom. The Balaban J connectivity index is 2.09. The van der Waals surface area contributed by atoms with Crippen LogP contribution in [0.3, 0.4) is 0 Å². The summed E-state index contributed by atoms with van der Waals surface area (Å²) in [5.41, 5.74) is 0.571. The molecule has 116 valence electrons. The van der Waals surface area contributed by atoms with E-state index >= 15 is 0 Å². The maximum atomic E-state index is 12.3. The average Bonchev–Trinajstić information content (AvgIpc) is 2.47. The third-order valence-corrected chi connectivity index (χ3v) is 6.13. The molecule has 0 N–H and O–H groups in total. The van der Waals surface area contributed by atoms with Crippen molar-refractivity contribution in [1.29, 1.82) is 0 Å². The molecule has 7 heteroatoms. The molecule has 0 bridgehead atoms. The van der Waals surface area contributed by atoms with E-state index in [-0.39, 0.29) is 12.3 Å². The van der Waals surface area contributed by atoms with Crippen LogP contribution in [0.15, 0.2) is 24.3 Å². The van der Waals surface area contributed by atoms with Crippen LogP contribution in [0, 0.1) is 0 Å². The first-order valence-corrected chi connectivity index (χ1v) is 9.70. The monoisotopic (exact) mass is 329 g/mol. The quantitative estimate of drug-likeness (QED) is 0.759. The molecule has 1 fully saturated rings. The van der Waals surface area contributed by atoms with E-state index in [1.807, 2.05) is 0 Å². The zero-order chi connectivity index (χ0) is 15.5. The third-order valence-electron chi connectivity index (χ3n) is 3.44. The van der Waals surface area contributed by atoms with Gasteiger partial charge in [0.15, 0.2) is 15.6 Å². The van der Waals surface area contributed by atoms with Crippen LogP contribution in [0.25, 0.3) is 0 Å². The van der Waals surface area contributed by atoms with Crippen molar-refractivity contribution >= 4 is 27.4 Å². The lowest BCUT2D eigenvalue weighted by Crippen LogP contribution is -2.48. The molecule has 1 aliphatic rings. The number of ketones is 1. The lowest BCUT2D eigenvalue weighted by Gasteiger charge is -2.33. The molecule has 2 rings (SSSR count). The summed E-state index contributed by atoms with van der Waals surface area (Å²) in [6.45, 7) is 0.745. The Bertz CT molecular complexity index is 598. The highest BCUT2D eigenvalue weighted by atomic mass is 32.2. The molecule has 1 unspecified atom stereocenters. The number of carbonyl (C=O) groups is 1. The van der Waals surface area contributed by atoms with Gasteiger partial charge in [-0.1, -0.05) is 0 Å². The fraction of sp³-hybridized carbons (Fsp3) is 0.500. The van der Waals surface area contributed by atoms with Crippen LogP contribution in [0.1, 0.15) is 10.4 Å². The predicted octanol–water partition coefficient (Wildman–Crippen LogP) is 1.30. The van der Waals surface area contributed by atoms with E-state index < -0.39 is 15.2 Å². The van der Waals surface area contributed by atoms with E-state index in [1.165, 1.54) is 6.26 Å². The van der Waals surface area contributed by atoms with Gasteiger partial charge < -0.3 is 4.74 Å². The predicted molar refractivity (Wildman–Crippen MR) is 84.9 cm³/mol. The van der Waals surface area contributed by atoms with Gasteiger partial charge in [0.1, 0.15) is 11.1 Å². The molecule has 0 spiro atoms. The normalized spacial score (nSPS) is 20.2. The van der Waals surface area contributed by atoms with Crippen LogP contribution < -0.4 is 4.74 Å². The molecule has 0 aromatic heterocycles. The van der Waals surface area contributed by atoms with E-state index in [2.05, 4.69) is 0 Å². The van der Waals surface area contributed by atoms with Gasteiger partial charge >= 0.3 is 0 Å². The molecule has 1 atom stereocenters. The number of rotatable bonds is 5. The maximum absolute atomic E-state index is 12.3. The van der Waals surface area contributed by atoms with Crippen LogP contribution in [-0.2, 0) is 9.84 Å². The summed E-state index contributed by atoms with van der Waals surface area (Å²) in [5.74, 6) is 1.99. The van der Waals surface area contributed by atoms with Crippen molar-refractivity contribution in [3.63, 3.8) is 0 Å². The topological polar surface area (TPSA) is 63.7 Å². The highest BCUT2D eigenvalue weighted by Crippen LogP contribution is 2.21. The number of thioether (sulfide) groups is 1. The fourth-order valence-corrected chi connectivity index (χ4v) is 5.18. The maximum Gasteiger partial charge on any atom is 0.176 e. The number of Topliss-reactive ketones (excluding diaryl/α,β-unsaturated/α-hetero) is 1. The molecule has 1 saturated heterocycles. The van der Waals surface area contributed by atoms with Crippen molar-refractivity contribution in [3.8, 4) is 5.75 Å². The SMILES string of the molecule is COc1ccc(C(=O)CN2CCSCC2S(C)(=O)=O)cc1. The molecule has 1 aromatic rings. The van der Waals surface area contributed by atoms with Gasteiger partial charge in [0.25, 0.3) is 0 Å². The van der Waals surface area contributed by atoms with Crippen LogP contribution in [-0.4, -0.2) is 62.4 Å². The Morgan fingerprint density at radius 3 is 2.62 bits per heavy atom. The first-order chi connectivity index (χ1) is 9.91. The van der Waals surface area contributed by atoms with Crippen molar-refractivity contribution in [1.82, 2.24) is 4.90 Å². The minimum absolute atomic E-state index is 0.0711. The van der Waals surface area contributed by atoms with Crippen molar-refractivity contribution < 1.29 is 17.9 Å². The van der Waals surface area contributed by atoms with Crippen molar-refractivity contribution in [3.05, 3.63) is 29.8 Å². The first-order valence-electron chi connectivity index (χ1n) is 6.59. The lowest BCUT2D eigenvalue weighted by atomic mass is 10.1. The molecule has 0 saturated carbocycles. The number of carbonyl (C=O) groups excluding carboxylic acids is 1. The number of sulfone groups is 1. The smallest absolute Gasteiger partial charge is 0.176 e. The second-order valence-corrected chi connectivity index (χ2v) is 8.33. The molecular formula is C14H19NO4S2.